The Bertz CT molecular complexity index is 1280. The molecule has 0 amide bonds. The van der Waals surface area contributed by atoms with Gasteiger partial charge in [0.05, 0.1) is 33.0 Å². The van der Waals surface area contributed by atoms with E-state index >= 15 is 0 Å². The highest BCUT2D eigenvalue weighted by Gasteiger charge is 2.48. The van der Waals surface area contributed by atoms with E-state index in [1.807, 2.05) is 72.8 Å². The van der Waals surface area contributed by atoms with Gasteiger partial charge < -0.3 is 23.7 Å². The molecule has 42 heavy (non-hydrogen) atoms. The van der Waals surface area contributed by atoms with Gasteiger partial charge in [0.25, 0.3) is 0 Å². The minimum absolute atomic E-state index is 0.235. The third-order valence-corrected chi connectivity index (χ3v) is 8.21. The van der Waals surface area contributed by atoms with E-state index in [0.717, 1.165) is 28.0 Å². The fraction of sp³-hybridized carbons (Fsp3) is 0.333. The number of benzene rings is 4. The lowest BCUT2D eigenvalue weighted by atomic mass is 9.98. The second-order valence-electron chi connectivity index (χ2n) is 10.3. The van der Waals surface area contributed by atoms with E-state index in [1.165, 1.54) is 0 Å². The van der Waals surface area contributed by atoms with Crippen molar-refractivity contribution in [1.82, 2.24) is 0 Å². The maximum atomic E-state index is 6.76. The fourth-order valence-corrected chi connectivity index (χ4v) is 6.02. The lowest BCUT2D eigenvalue weighted by molar-refractivity contribution is -0.254. The van der Waals surface area contributed by atoms with Crippen LogP contribution in [0.2, 0.25) is 0 Å². The standard InChI is InChI=1S/C36H40O5S/c1-2-42-36-35(40-26-31-21-13-6-14-22-31)34(39-25-30-19-11-5-12-20-30)33(38-24-29-17-9-4-10-18-29)32(41-36)27-37-23-28-15-7-3-8-16-28/h3-22,32-36H,2,23-27H2,1H3/t32?,33-,34?,35?,36+/m1/s1. The number of rotatable bonds is 15. The molecule has 1 saturated heterocycles. The van der Waals surface area contributed by atoms with E-state index in [2.05, 4.69) is 55.5 Å². The van der Waals surface area contributed by atoms with Crippen molar-refractivity contribution in [2.75, 3.05) is 12.4 Å². The van der Waals surface area contributed by atoms with Crippen LogP contribution < -0.4 is 0 Å². The molecule has 1 aliphatic heterocycles. The molecule has 1 heterocycles. The molecule has 1 fully saturated rings. The fourth-order valence-electron chi connectivity index (χ4n) is 5.05. The van der Waals surface area contributed by atoms with Gasteiger partial charge in [-0.2, -0.15) is 0 Å². The van der Waals surface area contributed by atoms with Crippen LogP contribution in [0, 0.1) is 0 Å². The molecule has 0 saturated carbocycles. The largest absolute Gasteiger partial charge is 0.374 e. The van der Waals surface area contributed by atoms with Gasteiger partial charge in [-0.3, -0.25) is 0 Å². The summed E-state index contributed by atoms with van der Waals surface area (Å²) in [6.07, 6.45) is -1.45. The predicted octanol–water partition coefficient (Wildman–Crippen LogP) is 7.44. The number of hydrogen-bond donors (Lipinski definition) is 0. The Morgan fingerprint density at radius 3 is 1.38 bits per heavy atom. The van der Waals surface area contributed by atoms with Crippen LogP contribution in [0.3, 0.4) is 0 Å². The Morgan fingerprint density at radius 2 is 0.929 bits per heavy atom. The molecule has 5 nitrogen and oxygen atoms in total. The Morgan fingerprint density at radius 1 is 0.524 bits per heavy atom. The van der Waals surface area contributed by atoms with Crippen LogP contribution >= 0.6 is 11.8 Å². The van der Waals surface area contributed by atoms with E-state index < -0.39 is 6.10 Å². The van der Waals surface area contributed by atoms with Crippen LogP contribution in [-0.4, -0.2) is 42.2 Å². The number of ether oxygens (including phenoxy) is 5. The van der Waals surface area contributed by atoms with Crippen LogP contribution in [0.25, 0.3) is 0 Å². The molecule has 4 aromatic rings. The quantitative estimate of drug-likeness (QED) is 0.145. The Kier molecular flexibility index (Phi) is 12.1. The van der Waals surface area contributed by atoms with Crippen molar-refractivity contribution in [2.45, 2.75) is 63.2 Å². The molecule has 5 rings (SSSR count). The molecule has 6 heteroatoms. The van der Waals surface area contributed by atoms with Crippen LogP contribution in [-0.2, 0) is 50.1 Å². The zero-order valence-electron chi connectivity index (χ0n) is 24.1. The maximum absolute atomic E-state index is 6.76. The van der Waals surface area contributed by atoms with E-state index in [9.17, 15) is 0 Å². The van der Waals surface area contributed by atoms with Crippen molar-refractivity contribution < 1.29 is 23.7 Å². The highest BCUT2D eigenvalue weighted by Crippen LogP contribution is 2.35. The van der Waals surface area contributed by atoms with Crippen molar-refractivity contribution in [1.29, 1.82) is 0 Å². The van der Waals surface area contributed by atoms with Crippen LogP contribution in [0.15, 0.2) is 121 Å². The summed E-state index contributed by atoms with van der Waals surface area (Å²) in [6.45, 7) is 4.37. The average Bonchev–Trinajstić information content (AvgIpc) is 3.05. The third kappa shape index (κ3) is 9.01. The van der Waals surface area contributed by atoms with Gasteiger partial charge >= 0.3 is 0 Å². The van der Waals surface area contributed by atoms with E-state index in [-0.39, 0.29) is 23.7 Å². The summed E-state index contributed by atoms with van der Waals surface area (Å²) >= 11 is 1.73. The minimum Gasteiger partial charge on any atom is -0.374 e. The molecular weight excluding hydrogens is 544 g/mol. The van der Waals surface area contributed by atoms with E-state index in [0.29, 0.717) is 33.0 Å². The minimum atomic E-state index is -0.404. The van der Waals surface area contributed by atoms with Gasteiger partial charge in [-0.05, 0) is 28.0 Å². The summed E-state index contributed by atoms with van der Waals surface area (Å²) in [6, 6.07) is 40.9. The summed E-state index contributed by atoms with van der Waals surface area (Å²) in [7, 11) is 0. The summed E-state index contributed by atoms with van der Waals surface area (Å²) in [5.74, 6) is 0.883. The summed E-state index contributed by atoms with van der Waals surface area (Å²) in [4.78, 5) is 0. The first-order chi connectivity index (χ1) is 20.8. The molecule has 4 aromatic carbocycles. The van der Waals surface area contributed by atoms with Crippen LogP contribution in [0.5, 0.6) is 0 Å². The molecule has 0 radical (unpaired) electrons. The second-order valence-corrected chi connectivity index (χ2v) is 11.7. The van der Waals surface area contributed by atoms with E-state index in [4.69, 9.17) is 23.7 Å². The maximum Gasteiger partial charge on any atom is 0.132 e. The summed E-state index contributed by atoms with van der Waals surface area (Å²) in [5.41, 5.74) is 4.19. The average molecular weight is 585 g/mol. The predicted molar refractivity (Wildman–Crippen MR) is 168 cm³/mol. The van der Waals surface area contributed by atoms with Crippen molar-refractivity contribution in [3.05, 3.63) is 144 Å². The molecule has 0 aromatic heterocycles. The lowest BCUT2D eigenvalue weighted by Crippen LogP contribution is -2.60. The van der Waals surface area contributed by atoms with Crippen LogP contribution in [0.1, 0.15) is 29.2 Å². The molecule has 3 unspecified atom stereocenters. The smallest absolute Gasteiger partial charge is 0.132 e. The molecule has 0 spiro atoms. The SMILES string of the molecule is CCS[C@@H]1OC(COCc2ccccc2)[C@@H](OCc2ccccc2)C(OCc2ccccc2)C1OCc1ccccc1. The van der Waals surface area contributed by atoms with Crippen molar-refractivity contribution in [3.63, 3.8) is 0 Å². The Balaban J connectivity index is 1.40. The molecule has 1 aliphatic rings. The van der Waals surface area contributed by atoms with Crippen LogP contribution in [0.4, 0.5) is 0 Å². The van der Waals surface area contributed by atoms with Gasteiger partial charge in [0.2, 0.25) is 0 Å². The summed E-state index contributed by atoms with van der Waals surface area (Å²) < 4.78 is 33.1. The first kappa shape index (κ1) is 30.5. The highest BCUT2D eigenvalue weighted by molar-refractivity contribution is 7.99. The van der Waals surface area contributed by atoms with Gasteiger partial charge in [-0.1, -0.05) is 128 Å². The van der Waals surface area contributed by atoms with Crippen molar-refractivity contribution >= 4 is 11.8 Å². The van der Waals surface area contributed by atoms with Gasteiger partial charge in [-0.15, -0.1) is 11.8 Å². The summed E-state index contributed by atoms with van der Waals surface area (Å²) in [5, 5.41) is 0. The Labute approximate surface area is 254 Å². The van der Waals surface area contributed by atoms with Crippen molar-refractivity contribution in [2.24, 2.45) is 0 Å². The number of hydrogen-bond acceptors (Lipinski definition) is 6. The molecular formula is C36H40O5S. The zero-order chi connectivity index (χ0) is 28.8. The molecule has 220 valence electrons. The normalized spacial score (nSPS) is 22.2. The molecule has 0 bridgehead atoms. The van der Waals surface area contributed by atoms with Crippen molar-refractivity contribution in [3.8, 4) is 0 Å². The first-order valence-corrected chi connectivity index (χ1v) is 15.7. The Hall–Kier alpha value is -2.97. The monoisotopic (exact) mass is 584 g/mol. The zero-order valence-corrected chi connectivity index (χ0v) is 24.9. The topological polar surface area (TPSA) is 46.2 Å². The van der Waals surface area contributed by atoms with Gasteiger partial charge in [-0.25, -0.2) is 0 Å². The lowest BCUT2D eigenvalue weighted by Gasteiger charge is -2.46. The first-order valence-electron chi connectivity index (χ1n) is 14.7. The molecule has 0 aliphatic carbocycles. The van der Waals surface area contributed by atoms with Gasteiger partial charge in [0.1, 0.15) is 29.9 Å². The van der Waals surface area contributed by atoms with Gasteiger partial charge in [0.15, 0.2) is 0 Å². The second kappa shape index (κ2) is 16.6. The molecule has 5 atom stereocenters. The number of thioether (sulfide) groups is 1. The van der Waals surface area contributed by atoms with Gasteiger partial charge in [0, 0.05) is 0 Å². The highest BCUT2D eigenvalue weighted by atomic mass is 32.2. The molecule has 0 N–H and O–H groups in total. The third-order valence-electron chi connectivity index (χ3n) is 7.17. The van der Waals surface area contributed by atoms with E-state index in [1.54, 1.807) is 11.8 Å².